The van der Waals surface area contributed by atoms with Gasteiger partial charge in [-0.3, -0.25) is 9.78 Å². The van der Waals surface area contributed by atoms with Gasteiger partial charge in [0.25, 0.3) is 6.43 Å². The van der Waals surface area contributed by atoms with Gasteiger partial charge < -0.3 is 4.74 Å². The smallest absolute Gasteiger partial charge is 0.310 e. The molecule has 0 N–H and O–H groups in total. The Morgan fingerprint density at radius 3 is 2.65 bits per heavy atom. The highest BCUT2D eigenvalue weighted by molar-refractivity contribution is 5.72. The van der Waals surface area contributed by atoms with E-state index in [1.165, 1.54) is 18.3 Å². The van der Waals surface area contributed by atoms with Crippen LogP contribution in [0.5, 0.6) is 0 Å². The molecule has 0 saturated heterocycles. The Hall–Kier alpha value is -1.52. The maximum Gasteiger partial charge on any atom is 0.310 e. The molecule has 0 aliphatic rings. The zero-order valence-electron chi connectivity index (χ0n) is 10.0. The maximum atomic E-state index is 12.4. The molecule has 1 aromatic rings. The third-order valence-electron chi connectivity index (χ3n) is 1.84. The maximum absolute atomic E-state index is 12.4. The summed E-state index contributed by atoms with van der Waals surface area (Å²) in [5, 5.41) is 0. The van der Waals surface area contributed by atoms with Crippen LogP contribution in [-0.4, -0.2) is 16.6 Å². The van der Waals surface area contributed by atoms with Crippen LogP contribution < -0.4 is 0 Å². The summed E-state index contributed by atoms with van der Waals surface area (Å²) in [6.45, 7) is 5.26. The molecule has 0 atom stereocenters. The number of hydrogen-bond acceptors (Lipinski definition) is 3. The molecule has 0 amide bonds. The first kappa shape index (κ1) is 13.5. The van der Waals surface area contributed by atoms with Gasteiger partial charge in [0.1, 0.15) is 11.3 Å². The topological polar surface area (TPSA) is 39.2 Å². The Labute approximate surface area is 98.8 Å². The predicted molar refractivity (Wildman–Crippen MR) is 58.7 cm³/mol. The van der Waals surface area contributed by atoms with Gasteiger partial charge in [-0.15, -0.1) is 0 Å². The number of nitrogens with zero attached hydrogens (tertiary/aromatic N) is 1. The van der Waals surface area contributed by atoms with E-state index in [2.05, 4.69) is 4.98 Å². The number of hydrogen-bond donors (Lipinski definition) is 0. The molecule has 1 rings (SSSR count). The molecular formula is C12H15F2NO2. The standard InChI is InChI=1S/C12H15F2NO2/c1-12(2,3)17-10(16)7-8-4-5-15-9(6-8)11(13)14/h4-6,11H,7H2,1-3H3. The van der Waals surface area contributed by atoms with E-state index in [0.29, 0.717) is 5.56 Å². The van der Waals surface area contributed by atoms with Gasteiger partial charge in [0, 0.05) is 6.20 Å². The Bertz CT molecular complexity index is 400. The van der Waals surface area contributed by atoms with Crippen molar-refractivity contribution in [2.24, 2.45) is 0 Å². The van der Waals surface area contributed by atoms with E-state index in [9.17, 15) is 13.6 Å². The van der Waals surface area contributed by atoms with Gasteiger partial charge in [-0.25, -0.2) is 8.78 Å². The first-order chi connectivity index (χ1) is 7.78. The zero-order chi connectivity index (χ0) is 13.1. The minimum atomic E-state index is -2.63. The fourth-order valence-corrected chi connectivity index (χ4v) is 1.27. The summed E-state index contributed by atoms with van der Waals surface area (Å²) < 4.78 is 29.8. The summed E-state index contributed by atoms with van der Waals surface area (Å²) >= 11 is 0. The fourth-order valence-electron chi connectivity index (χ4n) is 1.27. The van der Waals surface area contributed by atoms with E-state index in [4.69, 9.17) is 4.74 Å². The highest BCUT2D eigenvalue weighted by Gasteiger charge is 2.17. The Morgan fingerprint density at radius 2 is 2.12 bits per heavy atom. The van der Waals surface area contributed by atoms with Gasteiger partial charge in [0.2, 0.25) is 0 Å². The number of aromatic nitrogens is 1. The summed E-state index contributed by atoms with van der Waals surface area (Å²) in [6.07, 6.45) is -1.39. The van der Waals surface area contributed by atoms with Gasteiger partial charge in [-0.2, -0.15) is 0 Å². The average Bonchev–Trinajstić information content (AvgIpc) is 2.14. The van der Waals surface area contributed by atoms with E-state index < -0.39 is 18.0 Å². The molecule has 0 radical (unpaired) electrons. The minimum absolute atomic E-state index is 0.0283. The molecule has 0 bridgehead atoms. The largest absolute Gasteiger partial charge is 0.460 e. The van der Waals surface area contributed by atoms with E-state index in [-0.39, 0.29) is 12.1 Å². The van der Waals surface area contributed by atoms with Crippen LogP contribution in [0.25, 0.3) is 0 Å². The first-order valence-corrected chi connectivity index (χ1v) is 5.23. The molecule has 5 heteroatoms. The van der Waals surface area contributed by atoms with Crippen LogP contribution in [0.2, 0.25) is 0 Å². The van der Waals surface area contributed by atoms with Gasteiger partial charge in [0.05, 0.1) is 6.42 Å². The van der Waals surface area contributed by atoms with Crippen LogP contribution in [0.4, 0.5) is 8.78 Å². The van der Waals surface area contributed by atoms with Crippen molar-refractivity contribution in [1.29, 1.82) is 0 Å². The third kappa shape index (κ3) is 4.89. The number of halogens is 2. The number of rotatable bonds is 3. The molecule has 0 aliphatic carbocycles. The number of carbonyl (C=O) groups is 1. The number of pyridine rings is 1. The number of esters is 1. The molecule has 0 aliphatic heterocycles. The van der Waals surface area contributed by atoms with Crippen molar-refractivity contribution in [3.8, 4) is 0 Å². The minimum Gasteiger partial charge on any atom is -0.460 e. The summed E-state index contributed by atoms with van der Waals surface area (Å²) in [5.41, 5.74) is -0.425. The number of alkyl halides is 2. The zero-order valence-corrected chi connectivity index (χ0v) is 10.0. The van der Waals surface area contributed by atoms with E-state index >= 15 is 0 Å². The van der Waals surface area contributed by atoms with Gasteiger partial charge in [0.15, 0.2) is 0 Å². The van der Waals surface area contributed by atoms with E-state index in [1.54, 1.807) is 20.8 Å². The molecule has 1 aromatic heterocycles. The monoisotopic (exact) mass is 243 g/mol. The lowest BCUT2D eigenvalue weighted by molar-refractivity contribution is -0.153. The highest BCUT2D eigenvalue weighted by atomic mass is 19.3. The summed E-state index contributed by atoms with van der Waals surface area (Å²) in [4.78, 5) is 15.0. The van der Waals surface area contributed by atoms with Crippen molar-refractivity contribution in [2.45, 2.75) is 39.2 Å². The first-order valence-electron chi connectivity index (χ1n) is 5.23. The lowest BCUT2D eigenvalue weighted by Crippen LogP contribution is -2.24. The molecule has 0 aromatic carbocycles. The Kier molecular flexibility index (Phi) is 4.15. The molecule has 0 saturated carbocycles. The van der Waals surface area contributed by atoms with Crippen LogP contribution in [0, 0.1) is 0 Å². The summed E-state index contributed by atoms with van der Waals surface area (Å²) in [6, 6.07) is 2.74. The molecule has 0 fully saturated rings. The van der Waals surface area contributed by atoms with E-state index in [1.807, 2.05) is 0 Å². The van der Waals surface area contributed by atoms with Crippen molar-refractivity contribution in [3.05, 3.63) is 29.6 Å². The lowest BCUT2D eigenvalue weighted by atomic mass is 10.1. The molecule has 1 heterocycles. The van der Waals surface area contributed by atoms with Crippen molar-refractivity contribution in [1.82, 2.24) is 4.98 Å². The van der Waals surface area contributed by atoms with Crippen LogP contribution in [0.15, 0.2) is 18.3 Å². The molecule has 94 valence electrons. The predicted octanol–water partition coefficient (Wildman–Crippen LogP) is 2.90. The van der Waals surface area contributed by atoms with Crippen LogP contribution in [-0.2, 0) is 16.0 Å². The van der Waals surface area contributed by atoms with Crippen molar-refractivity contribution >= 4 is 5.97 Å². The fraction of sp³-hybridized carbons (Fsp3) is 0.500. The Balaban J connectivity index is 2.69. The molecular weight excluding hydrogens is 228 g/mol. The van der Waals surface area contributed by atoms with Crippen LogP contribution in [0.3, 0.4) is 0 Å². The highest BCUT2D eigenvalue weighted by Crippen LogP contribution is 2.17. The van der Waals surface area contributed by atoms with Crippen molar-refractivity contribution in [3.63, 3.8) is 0 Å². The van der Waals surface area contributed by atoms with Gasteiger partial charge in [-0.05, 0) is 38.5 Å². The second kappa shape index (κ2) is 5.21. The average molecular weight is 243 g/mol. The third-order valence-corrected chi connectivity index (χ3v) is 1.84. The van der Waals surface area contributed by atoms with Crippen LogP contribution >= 0.6 is 0 Å². The Morgan fingerprint density at radius 1 is 1.47 bits per heavy atom. The summed E-state index contributed by atoms with van der Waals surface area (Å²) in [7, 11) is 0. The van der Waals surface area contributed by atoms with E-state index in [0.717, 1.165) is 0 Å². The summed E-state index contributed by atoms with van der Waals surface area (Å²) in [5.74, 6) is -0.441. The second-order valence-electron chi connectivity index (χ2n) is 4.65. The van der Waals surface area contributed by atoms with Crippen molar-refractivity contribution < 1.29 is 18.3 Å². The lowest BCUT2D eigenvalue weighted by Gasteiger charge is -2.19. The van der Waals surface area contributed by atoms with Gasteiger partial charge >= 0.3 is 5.97 Å². The number of carbonyl (C=O) groups excluding carboxylic acids is 1. The molecule has 3 nitrogen and oxygen atoms in total. The van der Waals surface area contributed by atoms with Crippen LogP contribution in [0.1, 0.15) is 38.5 Å². The SMILES string of the molecule is CC(C)(C)OC(=O)Cc1ccnc(C(F)F)c1. The normalized spacial score (nSPS) is 11.6. The van der Waals surface area contributed by atoms with Gasteiger partial charge in [-0.1, -0.05) is 0 Å². The number of ether oxygens (including phenoxy) is 1. The molecule has 0 unspecified atom stereocenters. The molecule has 0 spiro atoms. The quantitative estimate of drug-likeness (QED) is 0.766. The second-order valence-corrected chi connectivity index (χ2v) is 4.65. The van der Waals surface area contributed by atoms with Crippen molar-refractivity contribution in [2.75, 3.05) is 0 Å². The molecule has 17 heavy (non-hydrogen) atoms.